The minimum atomic E-state index is 0.372. The van der Waals surface area contributed by atoms with Gasteiger partial charge >= 0.3 is 0 Å². The van der Waals surface area contributed by atoms with Gasteiger partial charge in [0.1, 0.15) is 0 Å². The first-order chi connectivity index (χ1) is 10.0. The average molecular weight is 306 g/mol. The molecule has 2 aromatic rings. The molecule has 1 aromatic heterocycles. The van der Waals surface area contributed by atoms with Crippen LogP contribution in [0, 0.1) is 13.8 Å². The van der Waals surface area contributed by atoms with Crippen LogP contribution < -0.4 is 5.32 Å². The summed E-state index contributed by atoms with van der Waals surface area (Å²) in [4.78, 5) is 0. The summed E-state index contributed by atoms with van der Waals surface area (Å²) < 4.78 is 1.96. The second-order valence-corrected chi connectivity index (χ2v) is 5.93. The first-order valence-electron chi connectivity index (χ1n) is 7.48. The molecule has 0 fully saturated rings. The Morgan fingerprint density at radius 1 is 1.24 bits per heavy atom. The van der Waals surface area contributed by atoms with E-state index in [-0.39, 0.29) is 0 Å². The lowest BCUT2D eigenvalue weighted by Gasteiger charge is -2.19. The highest BCUT2D eigenvalue weighted by atomic mass is 35.5. The van der Waals surface area contributed by atoms with Crippen molar-refractivity contribution in [2.24, 2.45) is 7.05 Å². The first kappa shape index (κ1) is 16.1. The molecule has 0 bridgehead atoms. The zero-order valence-electron chi connectivity index (χ0n) is 13.3. The maximum absolute atomic E-state index is 6.29. The Bertz CT molecular complexity index is 604. The van der Waals surface area contributed by atoms with Crippen molar-refractivity contribution in [2.45, 2.75) is 39.7 Å². The van der Waals surface area contributed by atoms with Gasteiger partial charge in [0.15, 0.2) is 0 Å². The minimum absolute atomic E-state index is 0.372. The molecule has 0 aliphatic carbocycles. The molecule has 0 radical (unpaired) electrons. The lowest BCUT2D eigenvalue weighted by molar-refractivity contribution is 0.519. The summed E-state index contributed by atoms with van der Waals surface area (Å²) in [6, 6.07) is 8.46. The molecule has 0 spiro atoms. The SMILES string of the molecule is CCNC(Cc1ccccc1Cl)Cc1c(C)nn(C)c1C. The zero-order valence-corrected chi connectivity index (χ0v) is 14.0. The number of benzene rings is 1. The molecule has 0 aliphatic rings. The number of nitrogens with zero attached hydrogens (tertiary/aromatic N) is 2. The van der Waals surface area contributed by atoms with Crippen LogP contribution in [-0.4, -0.2) is 22.4 Å². The summed E-state index contributed by atoms with van der Waals surface area (Å²) in [7, 11) is 2.00. The fourth-order valence-electron chi connectivity index (χ4n) is 2.79. The average Bonchev–Trinajstić information content (AvgIpc) is 2.68. The Hall–Kier alpha value is -1.32. The van der Waals surface area contributed by atoms with Gasteiger partial charge in [-0.2, -0.15) is 5.10 Å². The van der Waals surface area contributed by atoms with Crippen LogP contribution in [0.5, 0.6) is 0 Å². The van der Waals surface area contributed by atoms with Gasteiger partial charge in [-0.3, -0.25) is 4.68 Å². The predicted octanol–water partition coefficient (Wildman–Crippen LogP) is 3.45. The number of aryl methyl sites for hydroxylation is 2. The monoisotopic (exact) mass is 305 g/mol. The zero-order chi connectivity index (χ0) is 15.4. The summed E-state index contributed by atoms with van der Waals surface area (Å²) >= 11 is 6.29. The molecule has 21 heavy (non-hydrogen) atoms. The van der Waals surface area contributed by atoms with E-state index in [0.29, 0.717) is 6.04 Å². The van der Waals surface area contributed by atoms with E-state index in [1.165, 1.54) is 16.8 Å². The molecule has 0 aliphatic heterocycles. The number of likely N-dealkylation sites (N-methyl/N-ethyl adjacent to an activating group) is 1. The maximum Gasteiger partial charge on any atom is 0.0628 e. The molecule has 4 heteroatoms. The molecule has 2 rings (SSSR count). The van der Waals surface area contributed by atoms with Gasteiger partial charge in [0, 0.05) is 23.8 Å². The topological polar surface area (TPSA) is 29.9 Å². The predicted molar refractivity (Wildman–Crippen MR) is 89.0 cm³/mol. The number of rotatable bonds is 6. The van der Waals surface area contributed by atoms with E-state index < -0.39 is 0 Å². The van der Waals surface area contributed by atoms with Gasteiger partial charge in [-0.05, 0) is 50.4 Å². The highest BCUT2D eigenvalue weighted by molar-refractivity contribution is 6.31. The van der Waals surface area contributed by atoms with Gasteiger partial charge in [0.2, 0.25) is 0 Å². The maximum atomic E-state index is 6.29. The van der Waals surface area contributed by atoms with E-state index in [2.05, 4.69) is 37.3 Å². The molecular formula is C17H24ClN3. The summed E-state index contributed by atoms with van der Waals surface area (Å²) in [5.41, 5.74) is 4.91. The van der Waals surface area contributed by atoms with Crippen LogP contribution in [0.15, 0.2) is 24.3 Å². The van der Waals surface area contributed by atoms with Crippen LogP contribution in [0.3, 0.4) is 0 Å². The molecular weight excluding hydrogens is 282 g/mol. The van der Waals surface area contributed by atoms with Crippen molar-refractivity contribution >= 4 is 11.6 Å². The van der Waals surface area contributed by atoms with E-state index in [1.54, 1.807) is 0 Å². The summed E-state index contributed by atoms with van der Waals surface area (Å²) in [5, 5.41) is 8.93. The Morgan fingerprint density at radius 3 is 2.52 bits per heavy atom. The molecule has 1 aromatic carbocycles. The Kier molecular flexibility index (Phi) is 5.43. The minimum Gasteiger partial charge on any atom is -0.314 e. The van der Waals surface area contributed by atoms with Crippen molar-refractivity contribution in [1.29, 1.82) is 0 Å². The van der Waals surface area contributed by atoms with E-state index in [0.717, 1.165) is 30.1 Å². The standard InChI is InChI=1S/C17H24ClN3/c1-5-19-15(10-14-8-6-7-9-17(14)18)11-16-12(2)20-21(4)13(16)3/h6-9,15,19H,5,10-11H2,1-4H3. The molecule has 0 saturated heterocycles. The van der Waals surface area contributed by atoms with Crippen molar-refractivity contribution in [3.8, 4) is 0 Å². The fourth-order valence-corrected chi connectivity index (χ4v) is 3.01. The number of halogens is 1. The van der Waals surface area contributed by atoms with Gasteiger partial charge in [-0.15, -0.1) is 0 Å². The Balaban J connectivity index is 2.18. The molecule has 0 amide bonds. The third-order valence-electron chi connectivity index (χ3n) is 4.03. The largest absolute Gasteiger partial charge is 0.314 e. The van der Waals surface area contributed by atoms with E-state index in [4.69, 9.17) is 11.6 Å². The highest BCUT2D eigenvalue weighted by Gasteiger charge is 2.16. The normalized spacial score (nSPS) is 12.6. The number of hydrogen-bond donors (Lipinski definition) is 1. The molecule has 0 saturated carbocycles. The van der Waals surface area contributed by atoms with Crippen LogP contribution in [0.25, 0.3) is 0 Å². The van der Waals surface area contributed by atoms with Gasteiger partial charge in [-0.25, -0.2) is 0 Å². The van der Waals surface area contributed by atoms with Gasteiger partial charge in [-0.1, -0.05) is 36.7 Å². The second-order valence-electron chi connectivity index (χ2n) is 5.53. The highest BCUT2D eigenvalue weighted by Crippen LogP contribution is 2.20. The van der Waals surface area contributed by atoms with Gasteiger partial charge < -0.3 is 5.32 Å². The third-order valence-corrected chi connectivity index (χ3v) is 4.40. The summed E-state index contributed by atoms with van der Waals surface area (Å²) in [6.45, 7) is 7.31. The van der Waals surface area contributed by atoms with E-state index in [1.807, 2.05) is 29.9 Å². The van der Waals surface area contributed by atoms with E-state index >= 15 is 0 Å². The number of aromatic nitrogens is 2. The van der Waals surface area contributed by atoms with Crippen molar-refractivity contribution in [3.05, 3.63) is 51.8 Å². The smallest absolute Gasteiger partial charge is 0.0628 e. The number of nitrogens with one attached hydrogen (secondary N) is 1. The third kappa shape index (κ3) is 3.86. The van der Waals surface area contributed by atoms with Crippen molar-refractivity contribution in [1.82, 2.24) is 15.1 Å². The lowest BCUT2D eigenvalue weighted by atomic mass is 9.97. The van der Waals surface area contributed by atoms with E-state index in [9.17, 15) is 0 Å². The van der Waals surface area contributed by atoms with Gasteiger partial charge in [0.05, 0.1) is 5.69 Å². The molecule has 3 nitrogen and oxygen atoms in total. The molecule has 1 unspecified atom stereocenters. The quantitative estimate of drug-likeness (QED) is 0.886. The molecule has 1 atom stereocenters. The van der Waals surface area contributed by atoms with Crippen LogP contribution in [0.2, 0.25) is 5.02 Å². The summed E-state index contributed by atoms with van der Waals surface area (Å²) in [6.07, 6.45) is 1.91. The first-order valence-corrected chi connectivity index (χ1v) is 7.86. The van der Waals surface area contributed by atoms with Gasteiger partial charge in [0.25, 0.3) is 0 Å². The summed E-state index contributed by atoms with van der Waals surface area (Å²) in [5.74, 6) is 0. The van der Waals surface area contributed by atoms with Crippen LogP contribution in [0.1, 0.15) is 29.4 Å². The Labute approximate surface area is 132 Å². The van der Waals surface area contributed by atoms with Crippen molar-refractivity contribution in [3.63, 3.8) is 0 Å². The van der Waals surface area contributed by atoms with Crippen LogP contribution in [-0.2, 0) is 19.9 Å². The number of hydrogen-bond acceptors (Lipinski definition) is 2. The molecule has 1 heterocycles. The van der Waals surface area contributed by atoms with Crippen molar-refractivity contribution < 1.29 is 0 Å². The molecule has 114 valence electrons. The Morgan fingerprint density at radius 2 is 1.95 bits per heavy atom. The fraction of sp³-hybridized carbons (Fsp3) is 0.471. The lowest BCUT2D eigenvalue weighted by Crippen LogP contribution is -2.33. The molecule has 1 N–H and O–H groups in total. The van der Waals surface area contributed by atoms with Crippen molar-refractivity contribution in [2.75, 3.05) is 6.54 Å². The second kappa shape index (κ2) is 7.10. The van der Waals surface area contributed by atoms with Crippen LogP contribution >= 0.6 is 11.6 Å². The van der Waals surface area contributed by atoms with Crippen LogP contribution in [0.4, 0.5) is 0 Å².